The zero-order valence-electron chi connectivity index (χ0n) is 10.0. The van der Waals surface area contributed by atoms with Gasteiger partial charge in [0.2, 0.25) is 0 Å². The largest absolute Gasteiger partial charge is 0.415 e. The second-order valence-electron chi connectivity index (χ2n) is 4.56. The summed E-state index contributed by atoms with van der Waals surface area (Å²) in [5.74, 6) is 0.909. The molecule has 2 N–H and O–H groups in total. The van der Waals surface area contributed by atoms with Crippen molar-refractivity contribution in [3.8, 4) is 5.75 Å². The zero-order chi connectivity index (χ0) is 12.3. The van der Waals surface area contributed by atoms with Gasteiger partial charge in [-0.15, -0.1) is 0 Å². The topological polar surface area (TPSA) is 55.6 Å². The van der Waals surface area contributed by atoms with E-state index in [0.29, 0.717) is 24.8 Å². The number of hydrogen-bond donors (Lipinski definition) is 1. The Balaban J connectivity index is 1.93. The standard InChI is InChI=1S/C13H18N2O2/c1-10-9-15(8-7-12(10)14)13(16)17-11-5-3-2-4-6-11/h2-6,10,12H,7-9,14H2,1H3. The van der Waals surface area contributed by atoms with Crippen molar-refractivity contribution in [1.82, 2.24) is 4.90 Å². The highest BCUT2D eigenvalue weighted by molar-refractivity contribution is 5.70. The molecule has 2 rings (SSSR count). The van der Waals surface area contributed by atoms with Crippen molar-refractivity contribution in [2.24, 2.45) is 11.7 Å². The van der Waals surface area contributed by atoms with Gasteiger partial charge in [0.25, 0.3) is 0 Å². The number of hydrogen-bond acceptors (Lipinski definition) is 3. The van der Waals surface area contributed by atoms with Gasteiger partial charge in [-0.05, 0) is 24.5 Å². The quantitative estimate of drug-likeness (QED) is 0.806. The first-order valence-electron chi connectivity index (χ1n) is 5.94. The minimum absolute atomic E-state index is 0.191. The molecule has 0 spiro atoms. The molecule has 1 aliphatic rings. The second-order valence-corrected chi connectivity index (χ2v) is 4.56. The van der Waals surface area contributed by atoms with Crippen molar-refractivity contribution in [2.75, 3.05) is 13.1 Å². The number of ether oxygens (including phenoxy) is 1. The number of carbonyl (C=O) groups excluding carboxylic acids is 1. The van der Waals surface area contributed by atoms with Crippen molar-refractivity contribution < 1.29 is 9.53 Å². The normalized spacial score (nSPS) is 24.5. The molecule has 0 saturated carbocycles. The minimum Gasteiger partial charge on any atom is -0.410 e. The maximum atomic E-state index is 11.9. The number of nitrogens with two attached hydrogens (primary N) is 1. The van der Waals surface area contributed by atoms with Crippen molar-refractivity contribution in [2.45, 2.75) is 19.4 Å². The molecular weight excluding hydrogens is 216 g/mol. The fourth-order valence-corrected chi connectivity index (χ4v) is 1.98. The summed E-state index contributed by atoms with van der Waals surface area (Å²) >= 11 is 0. The Bertz CT molecular complexity index is 380. The highest BCUT2D eigenvalue weighted by atomic mass is 16.6. The molecule has 0 aliphatic carbocycles. The van der Waals surface area contributed by atoms with Gasteiger partial charge in [-0.2, -0.15) is 0 Å². The first-order valence-corrected chi connectivity index (χ1v) is 5.94. The smallest absolute Gasteiger partial charge is 0.410 e. The van der Waals surface area contributed by atoms with Gasteiger partial charge >= 0.3 is 6.09 Å². The zero-order valence-corrected chi connectivity index (χ0v) is 10.0. The lowest BCUT2D eigenvalue weighted by Gasteiger charge is -2.34. The van der Waals surface area contributed by atoms with Gasteiger partial charge in [0.05, 0.1) is 0 Å². The lowest BCUT2D eigenvalue weighted by atomic mass is 9.95. The fraction of sp³-hybridized carbons (Fsp3) is 0.462. The summed E-state index contributed by atoms with van der Waals surface area (Å²) in [5, 5.41) is 0. The van der Waals surface area contributed by atoms with E-state index in [0.717, 1.165) is 6.42 Å². The van der Waals surface area contributed by atoms with Crippen LogP contribution in [0, 0.1) is 5.92 Å². The van der Waals surface area contributed by atoms with Gasteiger partial charge in [-0.1, -0.05) is 25.1 Å². The third-order valence-corrected chi connectivity index (χ3v) is 3.18. The maximum Gasteiger partial charge on any atom is 0.415 e. The van der Waals surface area contributed by atoms with E-state index in [4.69, 9.17) is 10.5 Å². The first-order chi connectivity index (χ1) is 8.16. The second kappa shape index (κ2) is 5.19. The molecule has 17 heavy (non-hydrogen) atoms. The van der Waals surface area contributed by atoms with E-state index < -0.39 is 0 Å². The van der Waals surface area contributed by atoms with Gasteiger partial charge in [-0.3, -0.25) is 0 Å². The highest BCUT2D eigenvalue weighted by Crippen LogP contribution is 2.17. The van der Waals surface area contributed by atoms with Crippen LogP contribution in [0.1, 0.15) is 13.3 Å². The summed E-state index contributed by atoms with van der Waals surface area (Å²) < 4.78 is 5.28. The SMILES string of the molecule is CC1CN(C(=O)Oc2ccccc2)CCC1N. The molecule has 0 aromatic heterocycles. The molecular formula is C13H18N2O2. The molecule has 1 saturated heterocycles. The summed E-state index contributed by atoms with van der Waals surface area (Å²) in [6.07, 6.45) is 0.556. The van der Waals surface area contributed by atoms with Crippen LogP contribution in [0.15, 0.2) is 30.3 Å². The predicted molar refractivity (Wildman–Crippen MR) is 65.8 cm³/mol. The van der Waals surface area contributed by atoms with Gasteiger partial charge in [0.1, 0.15) is 5.75 Å². The third-order valence-electron chi connectivity index (χ3n) is 3.18. The van der Waals surface area contributed by atoms with Crippen LogP contribution in [0.4, 0.5) is 4.79 Å². The number of benzene rings is 1. The highest BCUT2D eigenvalue weighted by Gasteiger charge is 2.27. The van der Waals surface area contributed by atoms with Crippen LogP contribution >= 0.6 is 0 Å². The van der Waals surface area contributed by atoms with Gasteiger partial charge in [-0.25, -0.2) is 4.79 Å². The third kappa shape index (κ3) is 2.97. The van der Waals surface area contributed by atoms with E-state index in [1.807, 2.05) is 18.2 Å². The fourth-order valence-electron chi connectivity index (χ4n) is 1.98. The van der Waals surface area contributed by atoms with Gasteiger partial charge < -0.3 is 15.4 Å². The molecule has 0 bridgehead atoms. The monoisotopic (exact) mass is 234 g/mol. The Hall–Kier alpha value is -1.55. The Morgan fingerprint density at radius 2 is 2.12 bits per heavy atom. The molecule has 1 aliphatic heterocycles. The molecule has 0 radical (unpaired) electrons. The Kier molecular flexibility index (Phi) is 3.64. The van der Waals surface area contributed by atoms with Crippen molar-refractivity contribution in [3.05, 3.63) is 30.3 Å². The number of piperidine rings is 1. The molecule has 1 fully saturated rings. The van der Waals surface area contributed by atoms with E-state index in [9.17, 15) is 4.79 Å². The number of rotatable bonds is 1. The molecule has 2 unspecified atom stereocenters. The van der Waals surface area contributed by atoms with E-state index in [-0.39, 0.29) is 12.1 Å². The first kappa shape index (κ1) is 11.9. The molecule has 4 nitrogen and oxygen atoms in total. The molecule has 1 aromatic carbocycles. The number of para-hydroxylation sites is 1. The Morgan fingerprint density at radius 3 is 2.76 bits per heavy atom. The molecule has 1 aromatic rings. The van der Waals surface area contributed by atoms with Crippen LogP contribution in [0.25, 0.3) is 0 Å². The van der Waals surface area contributed by atoms with Crippen LogP contribution in [0.3, 0.4) is 0 Å². The summed E-state index contributed by atoms with van der Waals surface area (Å²) in [6, 6.07) is 9.32. The Morgan fingerprint density at radius 1 is 1.41 bits per heavy atom. The van der Waals surface area contributed by atoms with Crippen LogP contribution in [0.5, 0.6) is 5.75 Å². The average molecular weight is 234 g/mol. The van der Waals surface area contributed by atoms with Crippen LogP contribution in [-0.4, -0.2) is 30.1 Å². The van der Waals surface area contributed by atoms with Gasteiger partial charge in [0.15, 0.2) is 0 Å². The van der Waals surface area contributed by atoms with Crippen LogP contribution < -0.4 is 10.5 Å². The molecule has 2 atom stereocenters. The van der Waals surface area contributed by atoms with Crippen molar-refractivity contribution in [3.63, 3.8) is 0 Å². The summed E-state index contributed by atoms with van der Waals surface area (Å²) in [5.41, 5.74) is 5.91. The number of carbonyl (C=O) groups is 1. The van der Waals surface area contributed by atoms with Gasteiger partial charge in [0, 0.05) is 19.1 Å². The number of likely N-dealkylation sites (tertiary alicyclic amines) is 1. The van der Waals surface area contributed by atoms with E-state index >= 15 is 0 Å². The average Bonchev–Trinajstić information content (AvgIpc) is 2.34. The molecule has 1 amide bonds. The van der Waals surface area contributed by atoms with Crippen molar-refractivity contribution >= 4 is 6.09 Å². The van der Waals surface area contributed by atoms with E-state index in [1.165, 1.54) is 0 Å². The minimum atomic E-state index is -0.282. The molecule has 4 heteroatoms. The summed E-state index contributed by atoms with van der Waals surface area (Å²) in [7, 11) is 0. The van der Waals surface area contributed by atoms with Crippen LogP contribution in [0.2, 0.25) is 0 Å². The lowest BCUT2D eigenvalue weighted by molar-refractivity contribution is 0.123. The predicted octanol–water partition coefficient (Wildman–Crippen LogP) is 1.85. The van der Waals surface area contributed by atoms with Crippen LogP contribution in [-0.2, 0) is 0 Å². The lowest BCUT2D eigenvalue weighted by Crippen LogP contribution is -2.49. The van der Waals surface area contributed by atoms with E-state index in [1.54, 1.807) is 17.0 Å². The Labute approximate surface area is 101 Å². The summed E-state index contributed by atoms with van der Waals surface area (Å²) in [6.45, 7) is 3.41. The van der Waals surface area contributed by atoms with E-state index in [2.05, 4.69) is 6.92 Å². The van der Waals surface area contributed by atoms with Crippen molar-refractivity contribution in [1.29, 1.82) is 0 Å². The maximum absolute atomic E-state index is 11.9. The summed E-state index contributed by atoms with van der Waals surface area (Å²) in [4.78, 5) is 13.6. The molecule has 1 heterocycles. The molecule has 92 valence electrons. The number of nitrogens with zero attached hydrogens (tertiary/aromatic N) is 1. The number of amides is 1.